The topological polar surface area (TPSA) is 37.8 Å². The first-order valence-corrected chi connectivity index (χ1v) is 7.55. The quantitative estimate of drug-likeness (QED) is 0.852. The first kappa shape index (κ1) is 15.9. The Bertz CT molecular complexity index is 678. The minimum absolute atomic E-state index is 0.212. The molecular formula is C16H19BrFN3. The Labute approximate surface area is 133 Å². The highest BCUT2D eigenvalue weighted by Gasteiger charge is 2.22. The highest BCUT2D eigenvalue weighted by atomic mass is 79.9. The second-order valence-electron chi connectivity index (χ2n) is 5.99. The summed E-state index contributed by atoms with van der Waals surface area (Å²) in [6.07, 6.45) is 0. The summed E-state index contributed by atoms with van der Waals surface area (Å²) in [6.45, 7) is 8.02. The predicted molar refractivity (Wildman–Crippen MR) is 88.1 cm³/mol. The molecule has 21 heavy (non-hydrogen) atoms. The average Bonchev–Trinajstić information content (AvgIpc) is 2.40. The third kappa shape index (κ3) is 3.23. The van der Waals surface area contributed by atoms with E-state index in [2.05, 4.69) is 31.2 Å². The molecule has 1 N–H and O–H groups in total. The lowest BCUT2D eigenvalue weighted by Gasteiger charge is -2.20. The van der Waals surface area contributed by atoms with Gasteiger partial charge in [0.25, 0.3) is 0 Å². The molecule has 0 amide bonds. The van der Waals surface area contributed by atoms with Crippen molar-refractivity contribution in [2.75, 3.05) is 12.4 Å². The zero-order valence-corrected chi connectivity index (χ0v) is 14.5. The molecule has 2 aromatic rings. The number of anilines is 1. The van der Waals surface area contributed by atoms with Gasteiger partial charge in [-0.3, -0.25) is 0 Å². The van der Waals surface area contributed by atoms with E-state index in [9.17, 15) is 4.39 Å². The lowest BCUT2D eigenvalue weighted by Crippen LogP contribution is -2.18. The Balaban J connectivity index is 2.75. The second kappa shape index (κ2) is 5.72. The van der Waals surface area contributed by atoms with Gasteiger partial charge in [-0.25, -0.2) is 14.4 Å². The molecule has 0 saturated heterocycles. The fourth-order valence-electron chi connectivity index (χ4n) is 2.04. The Hall–Kier alpha value is -1.49. The molecule has 0 unspecified atom stereocenters. The van der Waals surface area contributed by atoms with Gasteiger partial charge in [0, 0.05) is 28.1 Å². The van der Waals surface area contributed by atoms with E-state index in [4.69, 9.17) is 0 Å². The van der Waals surface area contributed by atoms with E-state index in [1.807, 2.05) is 34.7 Å². The molecule has 1 aromatic heterocycles. The van der Waals surface area contributed by atoms with Crippen LogP contribution in [0.5, 0.6) is 0 Å². The number of benzene rings is 1. The summed E-state index contributed by atoms with van der Waals surface area (Å²) in [5.74, 6) is 1.12. The van der Waals surface area contributed by atoms with E-state index in [-0.39, 0.29) is 11.2 Å². The first-order chi connectivity index (χ1) is 9.74. The van der Waals surface area contributed by atoms with Crippen molar-refractivity contribution in [3.63, 3.8) is 0 Å². The van der Waals surface area contributed by atoms with Crippen LogP contribution in [-0.4, -0.2) is 17.0 Å². The molecule has 2 rings (SSSR count). The van der Waals surface area contributed by atoms with Crippen molar-refractivity contribution in [1.29, 1.82) is 0 Å². The summed E-state index contributed by atoms with van der Waals surface area (Å²) >= 11 is 3.39. The van der Waals surface area contributed by atoms with E-state index in [1.165, 1.54) is 6.07 Å². The van der Waals surface area contributed by atoms with Gasteiger partial charge in [0.1, 0.15) is 17.5 Å². The van der Waals surface area contributed by atoms with Gasteiger partial charge in [-0.15, -0.1) is 0 Å². The smallest absolute Gasteiger partial charge is 0.136 e. The number of hydrogen-bond donors (Lipinski definition) is 1. The van der Waals surface area contributed by atoms with Crippen LogP contribution in [0, 0.1) is 12.7 Å². The SMILES string of the molecule is CNc1nc(C(C)(C)C)nc(-c2cc(Br)ccc2F)c1C. The molecule has 0 aliphatic carbocycles. The van der Waals surface area contributed by atoms with Crippen LogP contribution in [0.4, 0.5) is 10.2 Å². The number of nitrogens with zero attached hydrogens (tertiary/aromatic N) is 2. The van der Waals surface area contributed by atoms with Crippen LogP contribution in [0.1, 0.15) is 32.2 Å². The number of hydrogen-bond acceptors (Lipinski definition) is 3. The van der Waals surface area contributed by atoms with Gasteiger partial charge in [-0.05, 0) is 25.1 Å². The second-order valence-corrected chi connectivity index (χ2v) is 6.91. The molecular weight excluding hydrogens is 333 g/mol. The predicted octanol–water partition coefficient (Wildman–Crippen LogP) is 4.69. The molecule has 3 nitrogen and oxygen atoms in total. The fourth-order valence-corrected chi connectivity index (χ4v) is 2.40. The minimum atomic E-state index is -0.290. The molecule has 1 heterocycles. The van der Waals surface area contributed by atoms with E-state index >= 15 is 0 Å². The van der Waals surface area contributed by atoms with E-state index < -0.39 is 0 Å². The van der Waals surface area contributed by atoms with Gasteiger partial charge in [0.15, 0.2) is 0 Å². The third-order valence-corrected chi connectivity index (χ3v) is 3.73. The van der Waals surface area contributed by atoms with Gasteiger partial charge in [0.05, 0.1) is 5.69 Å². The lowest BCUT2D eigenvalue weighted by molar-refractivity contribution is 0.545. The van der Waals surface area contributed by atoms with Crippen LogP contribution in [0.25, 0.3) is 11.3 Å². The molecule has 0 radical (unpaired) electrons. The van der Waals surface area contributed by atoms with Crippen LogP contribution in [0.15, 0.2) is 22.7 Å². The summed E-state index contributed by atoms with van der Waals surface area (Å²) in [5.41, 5.74) is 1.73. The first-order valence-electron chi connectivity index (χ1n) is 6.76. The molecule has 5 heteroatoms. The monoisotopic (exact) mass is 351 g/mol. The van der Waals surface area contributed by atoms with Crippen molar-refractivity contribution in [1.82, 2.24) is 9.97 Å². The number of halogens is 2. The maximum atomic E-state index is 14.2. The van der Waals surface area contributed by atoms with Gasteiger partial charge in [-0.1, -0.05) is 36.7 Å². The highest BCUT2D eigenvalue weighted by Crippen LogP contribution is 2.32. The minimum Gasteiger partial charge on any atom is -0.373 e. The van der Waals surface area contributed by atoms with Crippen molar-refractivity contribution in [3.05, 3.63) is 39.9 Å². The van der Waals surface area contributed by atoms with Gasteiger partial charge in [0.2, 0.25) is 0 Å². The summed E-state index contributed by atoms with van der Waals surface area (Å²) in [4.78, 5) is 9.16. The summed E-state index contributed by atoms with van der Waals surface area (Å²) in [6, 6.07) is 4.87. The molecule has 0 saturated carbocycles. The van der Waals surface area contributed by atoms with Gasteiger partial charge >= 0.3 is 0 Å². The van der Waals surface area contributed by atoms with E-state index in [0.717, 1.165) is 15.9 Å². The fraction of sp³-hybridized carbons (Fsp3) is 0.375. The van der Waals surface area contributed by atoms with Crippen LogP contribution in [-0.2, 0) is 5.41 Å². The summed E-state index contributed by atoms with van der Waals surface area (Å²) in [7, 11) is 1.81. The molecule has 0 spiro atoms. The average molecular weight is 352 g/mol. The largest absolute Gasteiger partial charge is 0.373 e. The Morgan fingerprint density at radius 2 is 1.86 bits per heavy atom. The molecule has 0 aliphatic rings. The molecule has 1 aromatic carbocycles. The van der Waals surface area contributed by atoms with Crippen LogP contribution in [0.3, 0.4) is 0 Å². The number of aromatic nitrogens is 2. The molecule has 112 valence electrons. The summed E-state index contributed by atoms with van der Waals surface area (Å²) < 4.78 is 15.0. The van der Waals surface area contributed by atoms with Crippen LogP contribution in [0.2, 0.25) is 0 Å². The van der Waals surface area contributed by atoms with Crippen molar-refractivity contribution in [2.24, 2.45) is 0 Å². The normalized spacial score (nSPS) is 11.6. The van der Waals surface area contributed by atoms with Crippen molar-refractivity contribution in [3.8, 4) is 11.3 Å². The van der Waals surface area contributed by atoms with Crippen LogP contribution < -0.4 is 5.32 Å². The Kier molecular flexibility index (Phi) is 4.33. The van der Waals surface area contributed by atoms with E-state index in [1.54, 1.807) is 12.1 Å². The van der Waals surface area contributed by atoms with Crippen LogP contribution >= 0.6 is 15.9 Å². The Morgan fingerprint density at radius 3 is 2.43 bits per heavy atom. The van der Waals surface area contributed by atoms with Crippen molar-refractivity contribution in [2.45, 2.75) is 33.1 Å². The Morgan fingerprint density at radius 1 is 1.19 bits per heavy atom. The lowest BCUT2D eigenvalue weighted by atomic mass is 9.94. The maximum Gasteiger partial charge on any atom is 0.136 e. The van der Waals surface area contributed by atoms with E-state index in [0.29, 0.717) is 17.1 Å². The molecule has 0 aliphatic heterocycles. The molecule has 0 fully saturated rings. The van der Waals surface area contributed by atoms with Crippen molar-refractivity contribution >= 4 is 21.7 Å². The highest BCUT2D eigenvalue weighted by molar-refractivity contribution is 9.10. The molecule has 0 bridgehead atoms. The zero-order chi connectivity index (χ0) is 15.8. The molecule has 0 atom stereocenters. The zero-order valence-electron chi connectivity index (χ0n) is 12.9. The third-order valence-electron chi connectivity index (χ3n) is 3.24. The van der Waals surface area contributed by atoms with Gasteiger partial charge < -0.3 is 5.32 Å². The number of nitrogens with one attached hydrogen (secondary N) is 1. The maximum absolute atomic E-state index is 14.2. The standard InChI is InChI=1S/C16H19BrFN3/c1-9-13(11-8-10(17)6-7-12(11)18)20-15(16(2,3)4)21-14(9)19-5/h6-8H,1-5H3,(H,19,20,21). The number of rotatable bonds is 2. The van der Waals surface area contributed by atoms with Gasteiger partial charge in [-0.2, -0.15) is 0 Å². The summed E-state index contributed by atoms with van der Waals surface area (Å²) in [5, 5.41) is 3.07. The van der Waals surface area contributed by atoms with Crippen molar-refractivity contribution < 1.29 is 4.39 Å².